The number of halogens is 1. The second-order valence-electron chi connectivity index (χ2n) is 5.74. The van der Waals surface area contributed by atoms with Crippen LogP contribution in [0, 0.1) is 0 Å². The van der Waals surface area contributed by atoms with Gasteiger partial charge in [-0.3, -0.25) is 9.69 Å². The number of nitrogen functional groups attached to an aromatic ring is 1. The lowest BCUT2D eigenvalue weighted by atomic mass is 10.2. The summed E-state index contributed by atoms with van der Waals surface area (Å²) >= 11 is 3.34. The third kappa shape index (κ3) is 6.07. The van der Waals surface area contributed by atoms with Crippen LogP contribution in [0.15, 0.2) is 53.0 Å². The van der Waals surface area contributed by atoms with Gasteiger partial charge in [0, 0.05) is 11.0 Å². The summed E-state index contributed by atoms with van der Waals surface area (Å²) in [5.74, 6) is -0.333. The van der Waals surface area contributed by atoms with E-state index < -0.39 is 6.09 Å². The van der Waals surface area contributed by atoms with E-state index in [2.05, 4.69) is 21.2 Å². The summed E-state index contributed by atoms with van der Waals surface area (Å²) in [7, 11) is 0. The molecule has 26 heavy (non-hydrogen) atoms. The molecule has 7 heteroatoms. The van der Waals surface area contributed by atoms with Crippen LogP contribution in [-0.4, -0.2) is 30.0 Å². The number of nitrogens with one attached hydrogen (secondary N) is 1. The first-order valence-corrected chi connectivity index (χ1v) is 9.09. The number of carbonyl (C=O) groups is 2. The second-order valence-corrected chi connectivity index (χ2v) is 6.66. The van der Waals surface area contributed by atoms with Crippen molar-refractivity contribution in [3.8, 4) is 0 Å². The van der Waals surface area contributed by atoms with Crippen molar-refractivity contribution in [2.24, 2.45) is 0 Å². The number of rotatable bonds is 7. The van der Waals surface area contributed by atoms with Crippen molar-refractivity contribution in [3.05, 3.63) is 58.6 Å². The molecule has 138 valence electrons. The molecule has 0 bridgehead atoms. The maximum Gasteiger partial charge on any atom is 0.410 e. The molecular formula is C19H22BrN3O3. The average molecular weight is 420 g/mol. The third-order valence-corrected chi connectivity index (χ3v) is 4.07. The number of carbonyl (C=O) groups excluding carboxylic acids is 2. The molecule has 0 aromatic heterocycles. The van der Waals surface area contributed by atoms with E-state index in [1.54, 1.807) is 18.2 Å². The zero-order valence-electron chi connectivity index (χ0n) is 14.6. The standard InChI is InChI=1S/C19H22BrN3O3/c1-2-10-23(19(25)26-13-14-6-4-3-5-7-14)12-18(24)22-17-11-15(20)8-9-16(17)21/h3-9,11H,2,10,12-13,21H2,1H3,(H,22,24). The molecule has 2 aromatic rings. The molecular weight excluding hydrogens is 398 g/mol. The van der Waals surface area contributed by atoms with Gasteiger partial charge < -0.3 is 15.8 Å². The normalized spacial score (nSPS) is 10.2. The molecule has 6 nitrogen and oxygen atoms in total. The lowest BCUT2D eigenvalue weighted by Gasteiger charge is -2.21. The maximum absolute atomic E-state index is 12.3. The van der Waals surface area contributed by atoms with Gasteiger partial charge in [0.25, 0.3) is 0 Å². The number of hydrogen-bond donors (Lipinski definition) is 2. The van der Waals surface area contributed by atoms with Crippen molar-refractivity contribution < 1.29 is 14.3 Å². The van der Waals surface area contributed by atoms with Gasteiger partial charge in [-0.05, 0) is 30.2 Å². The highest BCUT2D eigenvalue weighted by molar-refractivity contribution is 9.10. The van der Waals surface area contributed by atoms with E-state index in [1.165, 1.54) is 4.90 Å². The molecule has 0 atom stereocenters. The van der Waals surface area contributed by atoms with Crippen LogP contribution in [0.4, 0.5) is 16.2 Å². The summed E-state index contributed by atoms with van der Waals surface area (Å²) in [6.45, 7) is 2.42. The minimum Gasteiger partial charge on any atom is -0.445 e. The smallest absolute Gasteiger partial charge is 0.410 e. The monoisotopic (exact) mass is 419 g/mol. The summed E-state index contributed by atoms with van der Waals surface area (Å²) in [5.41, 5.74) is 7.70. The number of nitrogens with zero attached hydrogens (tertiary/aromatic N) is 1. The molecule has 0 aliphatic carbocycles. The first-order valence-electron chi connectivity index (χ1n) is 8.30. The maximum atomic E-state index is 12.3. The number of anilines is 2. The van der Waals surface area contributed by atoms with Gasteiger partial charge in [0.1, 0.15) is 13.2 Å². The highest BCUT2D eigenvalue weighted by Crippen LogP contribution is 2.23. The summed E-state index contributed by atoms with van der Waals surface area (Å²) in [6, 6.07) is 14.6. The molecule has 0 fully saturated rings. The number of ether oxygens (including phenoxy) is 1. The summed E-state index contributed by atoms with van der Waals surface area (Å²) in [5, 5.41) is 2.73. The van der Waals surface area contributed by atoms with Gasteiger partial charge in [-0.1, -0.05) is 53.2 Å². The molecule has 2 aromatic carbocycles. The Kier molecular flexibility index (Phi) is 7.47. The Morgan fingerprint density at radius 2 is 1.92 bits per heavy atom. The van der Waals surface area contributed by atoms with Crippen LogP contribution in [0.5, 0.6) is 0 Å². The first-order chi connectivity index (χ1) is 12.5. The van der Waals surface area contributed by atoms with Crippen LogP contribution >= 0.6 is 15.9 Å². The number of hydrogen-bond acceptors (Lipinski definition) is 4. The molecule has 0 radical (unpaired) electrons. The van der Waals surface area contributed by atoms with Crippen LogP contribution in [0.2, 0.25) is 0 Å². The van der Waals surface area contributed by atoms with E-state index in [0.29, 0.717) is 24.3 Å². The van der Waals surface area contributed by atoms with Gasteiger partial charge in [0.15, 0.2) is 0 Å². The molecule has 0 saturated heterocycles. The van der Waals surface area contributed by atoms with Gasteiger partial charge >= 0.3 is 6.09 Å². The number of amides is 2. The topological polar surface area (TPSA) is 84.7 Å². The van der Waals surface area contributed by atoms with Crippen molar-refractivity contribution in [2.45, 2.75) is 20.0 Å². The second kappa shape index (κ2) is 9.82. The Morgan fingerprint density at radius 1 is 1.19 bits per heavy atom. The quantitative estimate of drug-likeness (QED) is 0.663. The molecule has 0 heterocycles. The molecule has 2 rings (SSSR count). The predicted molar refractivity (Wildman–Crippen MR) is 106 cm³/mol. The Bertz CT molecular complexity index is 753. The summed E-state index contributed by atoms with van der Waals surface area (Å²) in [4.78, 5) is 26.0. The third-order valence-electron chi connectivity index (χ3n) is 3.58. The fraction of sp³-hybridized carbons (Fsp3) is 0.263. The minimum atomic E-state index is -0.520. The molecule has 0 aliphatic rings. The Hall–Kier alpha value is -2.54. The summed E-state index contributed by atoms with van der Waals surface area (Å²) in [6.07, 6.45) is 0.195. The fourth-order valence-electron chi connectivity index (χ4n) is 2.32. The van der Waals surface area contributed by atoms with E-state index in [1.807, 2.05) is 37.3 Å². The molecule has 0 unspecified atom stereocenters. The highest BCUT2D eigenvalue weighted by Gasteiger charge is 2.18. The van der Waals surface area contributed by atoms with Crippen molar-refractivity contribution in [2.75, 3.05) is 24.1 Å². The van der Waals surface area contributed by atoms with Gasteiger partial charge in [-0.2, -0.15) is 0 Å². The SMILES string of the molecule is CCCN(CC(=O)Nc1cc(Br)ccc1N)C(=O)OCc1ccccc1. The molecule has 3 N–H and O–H groups in total. The van der Waals surface area contributed by atoms with Crippen LogP contribution in [-0.2, 0) is 16.1 Å². The van der Waals surface area contributed by atoms with Crippen molar-refractivity contribution in [1.29, 1.82) is 0 Å². The lowest BCUT2D eigenvalue weighted by Crippen LogP contribution is -2.38. The predicted octanol–water partition coefficient (Wildman–Crippen LogP) is 4.02. The lowest BCUT2D eigenvalue weighted by molar-refractivity contribution is -0.117. The van der Waals surface area contributed by atoms with Crippen molar-refractivity contribution in [1.82, 2.24) is 4.90 Å². The van der Waals surface area contributed by atoms with E-state index in [4.69, 9.17) is 10.5 Å². The Labute approximate surface area is 161 Å². The van der Waals surface area contributed by atoms with Gasteiger partial charge in [-0.15, -0.1) is 0 Å². The molecule has 2 amide bonds. The zero-order chi connectivity index (χ0) is 18.9. The highest BCUT2D eigenvalue weighted by atomic mass is 79.9. The van der Waals surface area contributed by atoms with Crippen LogP contribution in [0.1, 0.15) is 18.9 Å². The van der Waals surface area contributed by atoms with Crippen molar-refractivity contribution >= 4 is 39.3 Å². The average Bonchev–Trinajstić information content (AvgIpc) is 2.63. The van der Waals surface area contributed by atoms with Gasteiger partial charge in [-0.25, -0.2) is 4.79 Å². The van der Waals surface area contributed by atoms with Gasteiger partial charge in [0.2, 0.25) is 5.91 Å². The van der Waals surface area contributed by atoms with Gasteiger partial charge in [0.05, 0.1) is 11.4 Å². The van der Waals surface area contributed by atoms with Crippen molar-refractivity contribution in [3.63, 3.8) is 0 Å². The Morgan fingerprint density at radius 3 is 2.62 bits per heavy atom. The fourth-order valence-corrected chi connectivity index (χ4v) is 2.68. The van der Waals surface area contributed by atoms with E-state index in [0.717, 1.165) is 10.0 Å². The molecule has 0 saturated carbocycles. The molecule has 0 aliphatic heterocycles. The van der Waals surface area contributed by atoms with E-state index in [-0.39, 0.29) is 19.1 Å². The van der Waals surface area contributed by atoms with Crippen LogP contribution in [0.25, 0.3) is 0 Å². The number of nitrogens with two attached hydrogens (primary N) is 1. The number of benzene rings is 2. The largest absolute Gasteiger partial charge is 0.445 e. The van der Waals surface area contributed by atoms with E-state index >= 15 is 0 Å². The Balaban J connectivity index is 1.94. The minimum absolute atomic E-state index is 0.104. The zero-order valence-corrected chi connectivity index (χ0v) is 16.2. The van der Waals surface area contributed by atoms with E-state index in [9.17, 15) is 9.59 Å². The summed E-state index contributed by atoms with van der Waals surface area (Å²) < 4.78 is 6.11. The molecule has 0 spiro atoms. The van der Waals surface area contributed by atoms with Crippen LogP contribution in [0.3, 0.4) is 0 Å². The first kappa shape index (κ1) is 19.8. The van der Waals surface area contributed by atoms with Crippen LogP contribution < -0.4 is 11.1 Å².